The van der Waals surface area contributed by atoms with E-state index < -0.39 is 5.97 Å². The molecule has 0 atom stereocenters. The average Bonchev–Trinajstić information content (AvgIpc) is 2.26. The van der Waals surface area contributed by atoms with Crippen molar-refractivity contribution in [2.75, 3.05) is 5.73 Å². The van der Waals surface area contributed by atoms with Gasteiger partial charge in [0, 0.05) is 11.8 Å². The van der Waals surface area contributed by atoms with Gasteiger partial charge in [0.15, 0.2) is 0 Å². The van der Waals surface area contributed by atoms with Crippen LogP contribution in [0.25, 0.3) is 0 Å². The number of carbonyl (C=O) groups is 1. The summed E-state index contributed by atoms with van der Waals surface area (Å²) in [6, 6.07) is 1.71. The molecule has 0 aliphatic rings. The van der Waals surface area contributed by atoms with Crippen LogP contribution in [0, 0.1) is 6.92 Å². The number of nitrogens with zero attached hydrogens (tertiary/aromatic N) is 2. The van der Waals surface area contributed by atoms with Gasteiger partial charge in [0.25, 0.3) is 0 Å². The van der Waals surface area contributed by atoms with Crippen molar-refractivity contribution in [3.05, 3.63) is 11.8 Å². The summed E-state index contributed by atoms with van der Waals surface area (Å²) in [5, 5.41) is 12.3. The van der Waals surface area contributed by atoms with Gasteiger partial charge in [-0.3, -0.25) is 9.48 Å². The standard InChI is InChI=1S/C7H11N3O2/c1-5-4-6(8)9-10(5)3-2-7(11)12/h4H,2-3H2,1H3,(H2,8,9)(H,11,12). The van der Waals surface area contributed by atoms with Crippen molar-refractivity contribution in [1.82, 2.24) is 9.78 Å². The molecule has 0 spiro atoms. The molecule has 0 bridgehead atoms. The largest absolute Gasteiger partial charge is 0.481 e. The Hall–Kier alpha value is -1.52. The lowest BCUT2D eigenvalue weighted by molar-refractivity contribution is -0.137. The molecule has 3 N–H and O–H groups in total. The van der Waals surface area contributed by atoms with Crippen LogP contribution in [0.5, 0.6) is 0 Å². The Morgan fingerprint density at radius 2 is 2.50 bits per heavy atom. The fourth-order valence-electron chi connectivity index (χ4n) is 0.964. The second kappa shape index (κ2) is 3.25. The summed E-state index contributed by atoms with van der Waals surface area (Å²) in [4.78, 5) is 10.2. The summed E-state index contributed by atoms with van der Waals surface area (Å²) in [6.07, 6.45) is 0.0714. The Morgan fingerprint density at radius 3 is 2.92 bits per heavy atom. The number of aromatic nitrogens is 2. The molecule has 0 saturated heterocycles. The highest BCUT2D eigenvalue weighted by molar-refractivity contribution is 5.66. The van der Waals surface area contributed by atoms with Crippen molar-refractivity contribution in [2.24, 2.45) is 0 Å². The Labute approximate surface area is 69.8 Å². The molecule has 0 aliphatic heterocycles. The van der Waals surface area contributed by atoms with Crippen LogP contribution in [0.3, 0.4) is 0 Å². The van der Waals surface area contributed by atoms with Crippen LogP contribution in [0.15, 0.2) is 6.07 Å². The van der Waals surface area contributed by atoms with Crippen molar-refractivity contribution in [3.63, 3.8) is 0 Å². The van der Waals surface area contributed by atoms with E-state index in [1.165, 1.54) is 0 Å². The number of carboxylic acid groups (broad SMARTS) is 1. The molecule has 0 radical (unpaired) electrons. The highest BCUT2D eigenvalue weighted by Gasteiger charge is 2.02. The van der Waals surface area contributed by atoms with Crippen molar-refractivity contribution >= 4 is 11.8 Å². The maximum Gasteiger partial charge on any atom is 0.305 e. The van der Waals surface area contributed by atoms with E-state index in [4.69, 9.17) is 10.8 Å². The van der Waals surface area contributed by atoms with Crippen molar-refractivity contribution < 1.29 is 9.90 Å². The lowest BCUT2D eigenvalue weighted by Crippen LogP contribution is -2.07. The number of nitrogens with two attached hydrogens (primary N) is 1. The number of hydrogen-bond donors (Lipinski definition) is 2. The third kappa shape index (κ3) is 1.98. The fourth-order valence-corrected chi connectivity index (χ4v) is 0.964. The molecule has 1 heterocycles. The summed E-state index contributed by atoms with van der Waals surface area (Å²) in [6.45, 7) is 2.21. The van der Waals surface area contributed by atoms with Gasteiger partial charge in [0.2, 0.25) is 0 Å². The molecule has 0 unspecified atom stereocenters. The Morgan fingerprint density at radius 1 is 1.83 bits per heavy atom. The fraction of sp³-hybridized carbons (Fsp3) is 0.429. The normalized spacial score (nSPS) is 10.1. The van der Waals surface area contributed by atoms with Crippen LogP contribution in [-0.4, -0.2) is 20.9 Å². The molecular formula is C7H11N3O2. The van der Waals surface area contributed by atoms with Gasteiger partial charge in [0.05, 0.1) is 13.0 Å². The van der Waals surface area contributed by atoms with Gasteiger partial charge in [-0.1, -0.05) is 0 Å². The highest BCUT2D eigenvalue weighted by Crippen LogP contribution is 2.04. The second-order valence-corrected chi connectivity index (χ2v) is 2.58. The quantitative estimate of drug-likeness (QED) is 0.679. The molecule has 0 saturated carbocycles. The molecule has 1 rings (SSSR count). The summed E-state index contributed by atoms with van der Waals surface area (Å²) >= 11 is 0. The maximum atomic E-state index is 10.2. The first kappa shape index (κ1) is 8.58. The topological polar surface area (TPSA) is 81.1 Å². The summed E-state index contributed by atoms with van der Waals surface area (Å²) < 4.78 is 1.59. The Kier molecular flexibility index (Phi) is 2.32. The van der Waals surface area contributed by atoms with Crippen LogP contribution in [0.4, 0.5) is 5.82 Å². The van der Waals surface area contributed by atoms with Gasteiger partial charge in [0.1, 0.15) is 5.82 Å². The molecule has 1 aromatic rings. The van der Waals surface area contributed by atoms with Crippen LogP contribution in [0.1, 0.15) is 12.1 Å². The lowest BCUT2D eigenvalue weighted by Gasteiger charge is -1.99. The van der Waals surface area contributed by atoms with E-state index in [2.05, 4.69) is 5.10 Å². The molecule has 0 aromatic carbocycles. The number of anilines is 1. The summed E-state index contributed by atoms with van der Waals surface area (Å²) in [5.74, 6) is -0.402. The molecule has 66 valence electrons. The number of hydrogen-bond acceptors (Lipinski definition) is 3. The van der Waals surface area contributed by atoms with Gasteiger partial charge >= 0.3 is 5.97 Å². The highest BCUT2D eigenvalue weighted by atomic mass is 16.4. The second-order valence-electron chi connectivity index (χ2n) is 2.58. The van der Waals surface area contributed by atoms with Gasteiger partial charge in [-0.2, -0.15) is 5.10 Å². The van der Waals surface area contributed by atoms with Crippen molar-refractivity contribution in [2.45, 2.75) is 19.9 Å². The van der Waals surface area contributed by atoms with Crippen LogP contribution in [-0.2, 0) is 11.3 Å². The molecule has 12 heavy (non-hydrogen) atoms. The number of rotatable bonds is 3. The van der Waals surface area contributed by atoms with E-state index >= 15 is 0 Å². The minimum Gasteiger partial charge on any atom is -0.481 e. The summed E-state index contributed by atoms with van der Waals surface area (Å²) in [5.41, 5.74) is 6.29. The first-order valence-electron chi connectivity index (χ1n) is 3.61. The van der Waals surface area contributed by atoms with Crippen molar-refractivity contribution in [1.29, 1.82) is 0 Å². The predicted molar refractivity (Wildman–Crippen MR) is 43.6 cm³/mol. The predicted octanol–water partition coefficient (Wildman–Crippen LogP) is 0.248. The Balaban J connectivity index is 2.62. The minimum atomic E-state index is -0.830. The zero-order valence-electron chi connectivity index (χ0n) is 6.82. The van der Waals surface area contributed by atoms with Crippen LogP contribution in [0.2, 0.25) is 0 Å². The third-order valence-corrected chi connectivity index (χ3v) is 1.54. The first-order valence-corrected chi connectivity index (χ1v) is 3.61. The maximum absolute atomic E-state index is 10.2. The van der Waals surface area contributed by atoms with Crippen molar-refractivity contribution in [3.8, 4) is 0 Å². The number of carboxylic acids is 1. The van der Waals surface area contributed by atoms with E-state index in [1.807, 2.05) is 6.92 Å². The number of aliphatic carboxylic acids is 1. The zero-order valence-corrected chi connectivity index (χ0v) is 6.82. The average molecular weight is 169 g/mol. The van der Waals surface area contributed by atoms with Gasteiger partial charge in [-0.15, -0.1) is 0 Å². The molecule has 0 fully saturated rings. The van der Waals surface area contributed by atoms with E-state index in [-0.39, 0.29) is 6.42 Å². The van der Waals surface area contributed by atoms with Crippen LogP contribution >= 0.6 is 0 Å². The van der Waals surface area contributed by atoms with Gasteiger partial charge in [-0.25, -0.2) is 0 Å². The molecular weight excluding hydrogens is 158 g/mol. The van der Waals surface area contributed by atoms with Gasteiger partial charge < -0.3 is 10.8 Å². The first-order chi connectivity index (χ1) is 5.59. The number of nitrogen functional groups attached to an aromatic ring is 1. The van der Waals surface area contributed by atoms with Crippen LogP contribution < -0.4 is 5.73 Å². The minimum absolute atomic E-state index is 0.0714. The molecule has 5 nitrogen and oxygen atoms in total. The SMILES string of the molecule is Cc1cc(N)nn1CCC(=O)O. The van der Waals surface area contributed by atoms with E-state index in [1.54, 1.807) is 10.7 Å². The smallest absolute Gasteiger partial charge is 0.305 e. The lowest BCUT2D eigenvalue weighted by atomic mass is 10.4. The molecule has 0 aliphatic carbocycles. The molecule has 5 heteroatoms. The Bertz CT molecular complexity index is 293. The van der Waals surface area contributed by atoms with Gasteiger partial charge in [-0.05, 0) is 6.92 Å². The van der Waals surface area contributed by atoms with E-state index in [0.29, 0.717) is 12.4 Å². The number of aryl methyl sites for hydroxylation is 2. The van der Waals surface area contributed by atoms with E-state index in [9.17, 15) is 4.79 Å². The molecule has 0 amide bonds. The van der Waals surface area contributed by atoms with E-state index in [0.717, 1.165) is 5.69 Å². The summed E-state index contributed by atoms with van der Waals surface area (Å²) in [7, 11) is 0. The molecule has 1 aromatic heterocycles. The third-order valence-electron chi connectivity index (χ3n) is 1.54. The zero-order chi connectivity index (χ0) is 9.14. The monoisotopic (exact) mass is 169 g/mol.